The average Bonchev–Trinajstić information content (AvgIpc) is 2.48. The standard InChI is InChI=1S/C15H20BrNO3/c1-11-3-2-4-13(14(11)16)15(19)17-7-5-12(6-8-17)20-10-9-18/h2-4,12,18H,5-10H2,1H3. The zero-order chi connectivity index (χ0) is 14.5. The van der Waals surface area contributed by atoms with Crippen LogP contribution in [-0.4, -0.2) is 48.3 Å². The second kappa shape index (κ2) is 7.20. The van der Waals surface area contributed by atoms with Crippen molar-refractivity contribution >= 4 is 21.8 Å². The molecule has 1 heterocycles. The Hall–Kier alpha value is -0.910. The van der Waals surface area contributed by atoms with Crippen LogP contribution in [0.2, 0.25) is 0 Å². The van der Waals surface area contributed by atoms with Crippen molar-refractivity contribution in [2.45, 2.75) is 25.9 Å². The molecule has 1 aliphatic rings. The van der Waals surface area contributed by atoms with Crippen molar-refractivity contribution < 1.29 is 14.6 Å². The lowest BCUT2D eigenvalue weighted by molar-refractivity contribution is -0.00556. The fraction of sp³-hybridized carbons (Fsp3) is 0.533. The highest BCUT2D eigenvalue weighted by atomic mass is 79.9. The van der Waals surface area contributed by atoms with Crippen molar-refractivity contribution in [3.05, 3.63) is 33.8 Å². The van der Waals surface area contributed by atoms with E-state index >= 15 is 0 Å². The van der Waals surface area contributed by atoms with Crippen LogP contribution in [0.3, 0.4) is 0 Å². The van der Waals surface area contributed by atoms with Gasteiger partial charge < -0.3 is 14.7 Å². The lowest BCUT2D eigenvalue weighted by atomic mass is 10.1. The molecule has 0 radical (unpaired) electrons. The van der Waals surface area contributed by atoms with E-state index in [2.05, 4.69) is 15.9 Å². The van der Waals surface area contributed by atoms with E-state index in [1.165, 1.54) is 0 Å². The summed E-state index contributed by atoms with van der Waals surface area (Å²) >= 11 is 3.49. The van der Waals surface area contributed by atoms with E-state index in [1.807, 2.05) is 30.0 Å². The Morgan fingerprint density at radius 1 is 1.45 bits per heavy atom. The average molecular weight is 342 g/mol. The third-order valence-corrected chi connectivity index (χ3v) is 4.65. The first-order valence-corrected chi connectivity index (χ1v) is 7.69. The molecule has 0 atom stereocenters. The fourth-order valence-electron chi connectivity index (χ4n) is 2.43. The van der Waals surface area contributed by atoms with Gasteiger partial charge in [0.05, 0.1) is 24.9 Å². The predicted octanol–water partition coefficient (Wildman–Crippen LogP) is 2.37. The number of aliphatic hydroxyl groups is 1. The summed E-state index contributed by atoms with van der Waals surface area (Å²) in [5, 5.41) is 8.75. The molecule has 0 spiro atoms. The number of rotatable bonds is 4. The molecule has 1 aliphatic heterocycles. The molecule has 0 unspecified atom stereocenters. The van der Waals surface area contributed by atoms with Crippen LogP contribution in [0.25, 0.3) is 0 Å². The number of piperidine rings is 1. The number of ether oxygens (including phenoxy) is 1. The summed E-state index contributed by atoms with van der Waals surface area (Å²) in [5.74, 6) is 0.0705. The Bertz CT molecular complexity index is 470. The Labute approximate surface area is 127 Å². The van der Waals surface area contributed by atoms with E-state index in [1.54, 1.807) is 0 Å². The fourth-order valence-corrected chi connectivity index (χ4v) is 2.86. The molecule has 1 saturated heterocycles. The number of hydrogen-bond acceptors (Lipinski definition) is 3. The second-order valence-corrected chi connectivity index (χ2v) is 5.82. The highest BCUT2D eigenvalue weighted by Crippen LogP contribution is 2.24. The molecule has 1 aromatic carbocycles. The Balaban J connectivity index is 1.96. The van der Waals surface area contributed by atoms with Crippen molar-refractivity contribution in [2.75, 3.05) is 26.3 Å². The minimum atomic E-state index is 0.0510. The van der Waals surface area contributed by atoms with Gasteiger partial charge in [0.1, 0.15) is 0 Å². The number of carbonyl (C=O) groups is 1. The summed E-state index contributed by atoms with van der Waals surface area (Å²) in [5.41, 5.74) is 1.79. The van der Waals surface area contributed by atoms with E-state index in [0.29, 0.717) is 19.7 Å². The van der Waals surface area contributed by atoms with Gasteiger partial charge in [-0.15, -0.1) is 0 Å². The van der Waals surface area contributed by atoms with Gasteiger partial charge in [-0.3, -0.25) is 4.79 Å². The smallest absolute Gasteiger partial charge is 0.255 e. The number of aliphatic hydroxyl groups excluding tert-OH is 1. The first-order valence-electron chi connectivity index (χ1n) is 6.90. The Morgan fingerprint density at radius 3 is 2.80 bits per heavy atom. The van der Waals surface area contributed by atoms with Crippen LogP contribution in [0.4, 0.5) is 0 Å². The molecule has 20 heavy (non-hydrogen) atoms. The van der Waals surface area contributed by atoms with Crippen molar-refractivity contribution in [3.8, 4) is 0 Å². The van der Waals surface area contributed by atoms with E-state index in [-0.39, 0.29) is 18.6 Å². The molecule has 5 heteroatoms. The number of amides is 1. The summed E-state index contributed by atoms with van der Waals surface area (Å²) < 4.78 is 6.39. The van der Waals surface area contributed by atoms with E-state index in [4.69, 9.17) is 9.84 Å². The maximum absolute atomic E-state index is 12.5. The first-order chi connectivity index (χ1) is 9.63. The summed E-state index contributed by atoms with van der Waals surface area (Å²) in [4.78, 5) is 14.4. The predicted molar refractivity (Wildman–Crippen MR) is 80.8 cm³/mol. The van der Waals surface area contributed by atoms with Gasteiger partial charge in [-0.2, -0.15) is 0 Å². The number of likely N-dealkylation sites (tertiary alicyclic amines) is 1. The van der Waals surface area contributed by atoms with Crippen LogP contribution in [0, 0.1) is 6.92 Å². The molecule has 2 rings (SSSR count). The van der Waals surface area contributed by atoms with Gasteiger partial charge >= 0.3 is 0 Å². The van der Waals surface area contributed by atoms with Gasteiger partial charge in [0.2, 0.25) is 0 Å². The molecule has 0 saturated carbocycles. The summed E-state index contributed by atoms with van der Waals surface area (Å²) in [6.45, 7) is 3.82. The van der Waals surface area contributed by atoms with Crippen LogP contribution in [0.5, 0.6) is 0 Å². The monoisotopic (exact) mass is 341 g/mol. The summed E-state index contributed by atoms with van der Waals surface area (Å²) in [7, 11) is 0. The number of carbonyl (C=O) groups excluding carboxylic acids is 1. The normalized spacial score (nSPS) is 16.4. The number of nitrogens with zero attached hydrogens (tertiary/aromatic N) is 1. The molecule has 0 aromatic heterocycles. The van der Waals surface area contributed by atoms with Crippen LogP contribution >= 0.6 is 15.9 Å². The van der Waals surface area contributed by atoms with Crippen LogP contribution in [-0.2, 0) is 4.74 Å². The number of halogens is 1. The summed E-state index contributed by atoms with van der Waals surface area (Å²) in [6, 6.07) is 5.74. The van der Waals surface area contributed by atoms with Crippen molar-refractivity contribution in [2.24, 2.45) is 0 Å². The topological polar surface area (TPSA) is 49.8 Å². The van der Waals surface area contributed by atoms with Gasteiger partial charge in [0, 0.05) is 17.6 Å². The number of hydrogen-bond donors (Lipinski definition) is 1. The van der Waals surface area contributed by atoms with E-state index < -0.39 is 0 Å². The third kappa shape index (κ3) is 3.59. The first kappa shape index (κ1) is 15.5. The van der Waals surface area contributed by atoms with Gasteiger partial charge in [-0.05, 0) is 47.3 Å². The summed E-state index contributed by atoms with van der Waals surface area (Å²) in [6.07, 6.45) is 1.82. The number of aryl methyl sites for hydroxylation is 1. The van der Waals surface area contributed by atoms with Gasteiger partial charge in [0.15, 0.2) is 0 Å². The molecule has 1 fully saturated rings. The molecule has 110 valence electrons. The van der Waals surface area contributed by atoms with Crippen LogP contribution in [0.1, 0.15) is 28.8 Å². The largest absolute Gasteiger partial charge is 0.394 e. The maximum Gasteiger partial charge on any atom is 0.255 e. The minimum Gasteiger partial charge on any atom is -0.394 e. The van der Waals surface area contributed by atoms with Gasteiger partial charge in [-0.1, -0.05) is 12.1 Å². The lowest BCUT2D eigenvalue weighted by Gasteiger charge is -2.32. The van der Waals surface area contributed by atoms with Crippen LogP contribution < -0.4 is 0 Å². The molecule has 1 amide bonds. The van der Waals surface area contributed by atoms with Crippen molar-refractivity contribution in [3.63, 3.8) is 0 Å². The lowest BCUT2D eigenvalue weighted by Crippen LogP contribution is -2.41. The SMILES string of the molecule is Cc1cccc(C(=O)N2CCC(OCCO)CC2)c1Br. The highest BCUT2D eigenvalue weighted by molar-refractivity contribution is 9.10. The number of benzene rings is 1. The van der Waals surface area contributed by atoms with Crippen molar-refractivity contribution in [1.82, 2.24) is 4.90 Å². The molecule has 0 bridgehead atoms. The molecular formula is C15H20BrNO3. The van der Waals surface area contributed by atoms with Gasteiger partial charge in [-0.25, -0.2) is 0 Å². The van der Waals surface area contributed by atoms with Crippen LogP contribution in [0.15, 0.2) is 22.7 Å². The molecule has 4 nitrogen and oxygen atoms in total. The zero-order valence-corrected chi connectivity index (χ0v) is 13.2. The van der Waals surface area contributed by atoms with E-state index in [9.17, 15) is 4.79 Å². The van der Waals surface area contributed by atoms with Gasteiger partial charge in [0.25, 0.3) is 5.91 Å². The highest BCUT2D eigenvalue weighted by Gasteiger charge is 2.25. The quantitative estimate of drug-likeness (QED) is 0.914. The third-order valence-electron chi connectivity index (χ3n) is 3.60. The Kier molecular flexibility index (Phi) is 5.57. The Morgan fingerprint density at radius 2 is 2.15 bits per heavy atom. The molecule has 1 aromatic rings. The van der Waals surface area contributed by atoms with Crippen molar-refractivity contribution in [1.29, 1.82) is 0 Å². The minimum absolute atomic E-state index is 0.0510. The maximum atomic E-state index is 12.5. The van der Waals surface area contributed by atoms with E-state index in [0.717, 1.165) is 28.4 Å². The second-order valence-electron chi connectivity index (χ2n) is 5.02. The molecular weight excluding hydrogens is 322 g/mol. The molecule has 1 N–H and O–H groups in total. The molecule has 0 aliphatic carbocycles. The zero-order valence-electron chi connectivity index (χ0n) is 11.6.